The Morgan fingerprint density at radius 3 is 2.81 bits per heavy atom. The van der Waals surface area contributed by atoms with E-state index in [1.807, 2.05) is 19.1 Å². The fraction of sp³-hybridized carbons (Fsp3) is 0.550. The lowest BCUT2D eigenvalue weighted by Crippen LogP contribution is -2.55. The Labute approximate surface area is 164 Å². The second-order valence-electron chi connectivity index (χ2n) is 7.57. The van der Waals surface area contributed by atoms with Crippen LogP contribution in [0.5, 0.6) is 0 Å². The van der Waals surface area contributed by atoms with Crippen molar-refractivity contribution in [1.29, 1.82) is 0 Å². The number of hydrogen-bond acceptors (Lipinski definition) is 4. The van der Waals surface area contributed by atoms with E-state index in [0.717, 1.165) is 17.5 Å². The van der Waals surface area contributed by atoms with Crippen molar-refractivity contribution in [2.45, 2.75) is 63.6 Å². The predicted molar refractivity (Wildman–Crippen MR) is 103 cm³/mol. The minimum absolute atomic E-state index is 0.0422. The Balaban J connectivity index is 1.70. The van der Waals surface area contributed by atoms with Gasteiger partial charge in [-0.15, -0.1) is 0 Å². The predicted octanol–water partition coefficient (Wildman–Crippen LogP) is 1.96. The Kier molecular flexibility index (Phi) is 5.86. The molecule has 2 fully saturated rings. The number of benzene rings is 1. The molecule has 2 amide bonds. The smallest absolute Gasteiger partial charge is 0.245 e. The molecular formula is C20H26ClN3O3. The van der Waals surface area contributed by atoms with Crippen molar-refractivity contribution in [3.63, 3.8) is 0 Å². The average molecular weight is 392 g/mol. The van der Waals surface area contributed by atoms with Crippen molar-refractivity contribution in [2.24, 2.45) is 5.73 Å². The maximum Gasteiger partial charge on any atom is 0.245 e. The lowest BCUT2D eigenvalue weighted by atomic mass is 9.88. The van der Waals surface area contributed by atoms with Crippen molar-refractivity contribution < 1.29 is 14.4 Å². The molecule has 0 aliphatic carbocycles. The number of halogens is 1. The number of nitrogens with zero attached hydrogens (tertiary/aromatic N) is 1. The van der Waals surface area contributed by atoms with Crippen LogP contribution < -0.4 is 11.1 Å². The average Bonchev–Trinajstić information content (AvgIpc) is 3.26. The summed E-state index contributed by atoms with van der Waals surface area (Å²) in [7, 11) is 0. The number of aryl methyl sites for hydroxylation is 1. The van der Waals surface area contributed by atoms with Crippen LogP contribution in [0.25, 0.3) is 0 Å². The van der Waals surface area contributed by atoms with E-state index < -0.39 is 11.6 Å². The number of ketones is 1. The Bertz CT molecular complexity index is 767. The van der Waals surface area contributed by atoms with Crippen LogP contribution in [0.1, 0.15) is 50.2 Å². The fourth-order valence-corrected chi connectivity index (χ4v) is 4.33. The summed E-state index contributed by atoms with van der Waals surface area (Å²) in [5.41, 5.74) is 6.92. The van der Waals surface area contributed by atoms with Crippen LogP contribution in [0.4, 0.5) is 0 Å². The normalized spacial score (nSPS) is 24.9. The topological polar surface area (TPSA) is 92.5 Å². The first-order chi connectivity index (χ1) is 12.8. The number of amides is 2. The summed E-state index contributed by atoms with van der Waals surface area (Å²) in [5, 5.41) is 3.34. The van der Waals surface area contributed by atoms with Crippen LogP contribution in [0.3, 0.4) is 0 Å². The van der Waals surface area contributed by atoms with Gasteiger partial charge in [0.15, 0.2) is 5.78 Å². The molecule has 6 nitrogen and oxygen atoms in total. The number of carbonyl (C=O) groups excluding carboxylic acids is 3. The summed E-state index contributed by atoms with van der Waals surface area (Å²) in [6, 6.07) is 5.03. The second-order valence-corrected chi connectivity index (χ2v) is 8.00. The van der Waals surface area contributed by atoms with Gasteiger partial charge in [-0.05, 0) is 55.9 Å². The van der Waals surface area contributed by atoms with Gasteiger partial charge in [0.25, 0.3) is 0 Å². The quantitative estimate of drug-likeness (QED) is 0.775. The molecule has 2 saturated heterocycles. The second kappa shape index (κ2) is 7.98. The molecule has 0 saturated carbocycles. The molecule has 1 aromatic rings. The molecule has 7 heteroatoms. The van der Waals surface area contributed by atoms with Gasteiger partial charge in [0, 0.05) is 31.0 Å². The third-order valence-electron chi connectivity index (χ3n) is 5.81. The number of hydrogen-bond donors (Lipinski definition) is 2. The number of Topliss-reactive ketones (excluding diaryl/α,β-unsaturated/α-hetero) is 1. The van der Waals surface area contributed by atoms with E-state index >= 15 is 0 Å². The molecule has 2 heterocycles. The molecule has 0 aromatic heterocycles. The van der Waals surface area contributed by atoms with Gasteiger partial charge in [0.1, 0.15) is 6.04 Å². The highest BCUT2D eigenvalue weighted by Crippen LogP contribution is 2.33. The molecule has 3 rings (SSSR count). The Hall–Kier alpha value is -1.92. The standard InChI is InChI=1S/C20H26ClN3O3/c1-20(9-2-10-24(20)19(27)16-6-8-18(26)23-16)17(25)7-4-13-11-15(21)5-3-14(13)12-22/h3,5,11,16H,2,4,6-10,12,22H2,1H3,(H,23,26)/t16-,20+/m1/s1. The van der Waals surface area contributed by atoms with Gasteiger partial charge < -0.3 is 16.0 Å². The van der Waals surface area contributed by atoms with E-state index in [2.05, 4.69) is 5.32 Å². The maximum absolute atomic E-state index is 13.1. The first-order valence-corrected chi connectivity index (χ1v) is 9.84. The molecule has 2 aliphatic rings. The molecule has 3 N–H and O–H groups in total. The van der Waals surface area contributed by atoms with Gasteiger partial charge in [0.2, 0.25) is 11.8 Å². The monoisotopic (exact) mass is 391 g/mol. The highest BCUT2D eigenvalue weighted by atomic mass is 35.5. The highest BCUT2D eigenvalue weighted by Gasteiger charge is 2.47. The largest absolute Gasteiger partial charge is 0.344 e. The summed E-state index contributed by atoms with van der Waals surface area (Å²) in [6.45, 7) is 2.79. The molecule has 27 heavy (non-hydrogen) atoms. The first-order valence-electron chi connectivity index (χ1n) is 9.46. The zero-order chi connectivity index (χ0) is 19.6. The molecule has 0 unspecified atom stereocenters. The van der Waals surface area contributed by atoms with Crippen LogP contribution in [0, 0.1) is 0 Å². The molecule has 0 radical (unpaired) electrons. The number of likely N-dealkylation sites (tertiary alicyclic amines) is 1. The zero-order valence-corrected chi connectivity index (χ0v) is 16.3. The van der Waals surface area contributed by atoms with E-state index in [1.54, 1.807) is 11.0 Å². The molecular weight excluding hydrogens is 366 g/mol. The molecule has 2 aliphatic heterocycles. The fourth-order valence-electron chi connectivity index (χ4n) is 4.14. The van der Waals surface area contributed by atoms with Crippen LogP contribution in [-0.4, -0.2) is 40.6 Å². The molecule has 0 bridgehead atoms. The van der Waals surface area contributed by atoms with Crippen molar-refractivity contribution in [3.05, 3.63) is 34.3 Å². The van der Waals surface area contributed by atoms with E-state index in [4.69, 9.17) is 17.3 Å². The number of carbonyl (C=O) groups is 3. The molecule has 2 atom stereocenters. The molecule has 0 spiro atoms. The Morgan fingerprint density at radius 1 is 1.37 bits per heavy atom. The Morgan fingerprint density at radius 2 is 2.15 bits per heavy atom. The van der Waals surface area contributed by atoms with Crippen LogP contribution in [0.15, 0.2) is 18.2 Å². The number of nitrogens with two attached hydrogens (primary N) is 1. The first kappa shape index (κ1) is 19.8. The zero-order valence-electron chi connectivity index (χ0n) is 15.6. The lowest BCUT2D eigenvalue weighted by Gasteiger charge is -2.35. The minimum atomic E-state index is -0.814. The summed E-state index contributed by atoms with van der Waals surface area (Å²) < 4.78 is 0. The minimum Gasteiger partial charge on any atom is -0.344 e. The van der Waals surface area contributed by atoms with Crippen molar-refractivity contribution in [3.8, 4) is 0 Å². The molecule has 1 aromatic carbocycles. The third kappa shape index (κ3) is 4.01. The third-order valence-corrected chi connectivity index (χ3v) is 6.05. The van der Waals surface area contributed by atoms with Gasteiger partial charge in [-0.25, -0.2) is 0 Å². The summed E-state index contributed by atoms with van der Waals surface area (Å²) >= 11 is 6.08. The van der Waals surface area contributed by atoms with Crippen LogP contribution >= 0.6 is 11.6 Å². The van der Waals surface area contributed by atoms with E-state index in [9.17, 15) is 14.4 Å². The van der Waals surface area contributed by atoms with Gasteiger partial charge in [0.05, 0.1) is 5.54 Å². The van der Waals surface area contributed by atoms with E-state index in [1.165, 1.54) is 0 Å². The van der Waals surface area contributed by atoms with Gasteiger partial charge in [-0.2, -0.15) is 0 Å². The van der Waals surface area contributed by atoms with Gasteiger partial charge in [-0.1, -0.05) is 17.7 Å². The van der Waals surface area contributed by atoms with Crippen molar-refractivity contribution in [1.82, 2.24) is 10.2 Å². The summed E-state index contributed by atoms with van der Waals surface area (Å²) in [6.07, 6.45) is 3.18. The van der Waals surface area contributed by atoms with Crippen molar-refractivity contribution in [2.75, 3.05) is 6.54 Å². The van der Waals surface area contributed by atoms with Crippen LogP contribution in [-0.2, 0) is 27.3 Å². The van der Waals surface area contributed by atoms with E-state index in [-0.39, 0.29) is 17.6 Å². The van der Waals surface area contributed by atoms with Gasteiger partial charge >= 0.3 is 0 Å². The number of nitrogens with one attached hydrogen (secondary N) is 1. The maximum atomic E-state index is 13.1. The number of rotatable bonds is 6. The van der Waals surface area contributed by atoms with E-state index in [0.29, 0.717) is 50.2 Å². The highest BCUT2D eigenvalue weighted by molar-refractivity contribution is 6.30. The summed E-state index contributed by atoms with van der Waals surface area (Å²) in [5.74, 6) is -0.198. The summed E-state index contributed by atoms with van der Waals surface area (Å²) in [4.78, 5) is 39.1. The molecule has 146 valence electrons. The van der Waals surface area contributed by atoms with Crippen LogP contribution in [0.2, 0.25) is 5.02 Å². The SMILES string of the molecule is C[C@@]1(C(=O)CCc2cc(Cl)ccc2CN)CCCN1C(=O)[C@H]1CCC(=O)N1. The van der Waals surface area contributed by atoms with Gasteiger partial charge in [-0.3, -0.25) is 14.4 Å². The lowest BCUT2D eigenvalue weighted by molar-refractivity contribution is -0.144. The van der Waals surface area contributed by atoms with Crippen molar-refractivity contribution >= 4 is 29.2 Å².